The molecule has 0 aromatic carbocycles. The monoisotopic (exact) mass is 402 g/mol. The third-order valence-electron chi connectivity index (χ3n) is 3.00. The molecule has 0 aliphatic heterocycles. The zero-order valence-corrected chi connectivity index (χ0v) is 13.4. The van der Waals surface area contributed by atoms with Gasteiger partial charge in [0, 0.05) is 6.16 Å². The van der Waals surface area contributed by atoms with Crippen molar-refractivity contribution in [3.63, 3.8) is 0 Å². The third kappa shape index (κ3) is 18.2. The summed E-state index contributed by atoms with van der Waals surface area (Å²) in [6.45, 7) is 3.64. The standard InChI is InChI=1S/C12H25FO5P2.3Na.3H/c1-2-3-4-5-6-7-8-9-10-11-19(14,15)12(13)20(16,17)18;;;;;;/h2,12H,1,3-11H2,(H,14,15)(H2,16,17,18);;;;;;. The van der Waals surface area contributed by atoms with Gasteiger partial charge in [0.2, 0.25) is 7.37 Å². The van der Waals surface area contributed by atoms with Crippen molar-refractivity contribution in [3.8, 4) is 0 Å². The predicted molar refractivity (Wildman–Crippen MR) is 100 cm³/mol. The molecule has 3 N–H and O–H groups in total. The fourth-order valence-corrected chi connectivity index (χ4v) is 4.97. The van der Waals surface area contributed by atoms with Gasteiger partial charge in [-0.15, -0.1) is 6.58 Å². The number of unbranched alkanes of at least 4 members (excludes halogenated alkanes) is 7. The van der Waals surface area contributed by atoms with Crippen LogP contribution in [0.25, 0.3) is 0 Å². The molecule has 126 valence electrons. The summed E-state index contributed by atoms with van der Waals surface area (Å²) in [7, 11) is -9.56. The summed E-state index contributed by atoms with van der Waals surface area (Å²) in [5, 5.41) is 0. The van der Waals surface area contributed by atoms with E-state index in [9.17, 15) is 18.4 Å². The molecule has 0 radical (unpaired) electrons. The summed E-state index contributed by atoms with van der Waals surface area (Å²) < 4.78 is 35.2. The van der Waals surface area contributed by atoms with Crippen LogP contribution in [0, 0.1) is 0 Å². The second kappa shape index (κ2) is 18.4. The van der Waals surface area contributed by atoms with Crippen molar-refractivity contribution in [1.82, 2.24) is 0 Å². The van der Waals surface area contributed by atoms with Crippen LogP contribution in [0.4, 0.5) is 4.39 Å². The van der Waals surface area contributed by atoms with E-state index in [1.807, 2.05) is 6.08 Å². The number of allylic oxidation sites excluding steroid dienone is 1. The van der Waals surface area contributed by atoms with Gasteiger partial charge in [-0.3, -0.25) is 9.13 Å². The van der Waals surface area contributed by atoms with Crippen LogP contribution in [0.2, 0.25) is 0 Å². The van der Waals surface area contributed by atoms with Crippen LogP contribution in [-0.2, 0) is 9.13 Å². The van der Waals surface area contributed by atoms with Crippen molar-refractivity contribution in [2.45, 2.75) is 57.0 Å². The Bertz CT molecular complexity index is 382. The summed E-state index contributed by atoms with van der Waals surface area (Å²) in [5.74, 6) is 0. The summed E-state index contributed by atoms with van der Waals surface area (Å²) in [5.41, 5.74) is -2.95. The Balaban J connectivity index is -0.000000602. The zero-order chi connectivity index (χ0) is 15.6. The molecule has 11 heteroatoms. The molecule has 5 nitrogen and oxygen atoms in total. The van der Waals surface area contributed by atoms with Crippen LogP contribution >= 0.6 is 15.0 Å². The molecule has 0 aromatic heterocycles. The van der Waals surface area contributed by atoms with E-state index in [4.69, 9.17) is 9.79 Å². The van der Waals surface area contributed by atoms with Gasteiger partial charge in [-0.05, 0) is 19.3 Å². The van der Waals surface area contributed by atoms with Gasteiger partial charge in [0.05, 0.1) is 0 Å². The Morgan fingerprint density at radius 1 is 0.870 bits per heavy atom. The first-order chi connectivity index (χ1) is 9.22. The molecule has 0 aliphatic carbocycles. The molecule has 0 rings (SSSR count). The van der Waals surface area contributed by atoms with E-state index in [0.717, 1.165) is 38.5 Å². The Morgan fingerprint density at radius 2 is 1.26 bits per heavy atom. The first kappa shape index (κ1) is 33.6. The van der Waals surface area contributed by atoms with Crippen molar-refractivity contribution in [2.24, 2.45) is 0 Å². The molecule has 0 saturated carbocycles. The van der Waals surface area contributed by atoms with Crippen molar-refractivity contribution in [2.75, 3.05) is 6.16 Å². The number of hydrogen-bond donors (Lipinski definition) is 3. The Morgan fingerprint density at radius 3 is 1.65 bits per heavy atom. The van der Waals surface area contributed by atoms with E-state index < -0.39 is 20.6 Å². The molecular weight excluding hydrogens is 374 g/mol. The predicted octanol–water partition coefficient (Wildman–Crippen LogP) is 2.05. The van der Waals surface area contributed by atoms with Crippen LogP contribution < -0.4 is 0 Å². The number of rotatable bonds is 12. The molecule has 0 spiro atoms. The van der Waals surface area contributed by atoms with Crippen LogP contribution in [0.5, 0.6) is 0 Å². The number of alkyl halides is 1. The third-order valence-corrected chi connectivity index (χ3v) is 7.16. The summed E-state index contributed by atoms with van der Waals surface area (Å²) >= 11 is 0. The normalized spacial score (nSPS) is 14.4. The Hall–Kier alpha value is 3.01. The molecule has 0 bridgehead atoms. The van der Waals surface area contributed by atoms with Gasteiger partial charge in [-0.2, -0.15) is 0 Å². The zero-order valence-electron chi connectivity index (χ0n) is 11.7. The first-order valence-electron chi connectivity index (χ1n) is 6.83. The van der Waals surface area contributed by atoms with Gasteiger partial charge < -0.3 is 14.7 Å². The fourth-order valence-electron chi connectivity index (χ4n) is 1.85. The van der Waals surface area contributed by atoms with Gasteiger partial charge in [0.1, 0.15) is 0 Å². The molecule has 0 heterocycles. The van der Waals surface area contributed by atoms with Crippen molar-refractivity contribution < 1.29 is 28.2 Å². The topological polar surface area (TPSA) is 94.8 Å². The van der Waals surface area contributed by atoms with Crippen molar-refractivity contribution in [1.29, 1.82) is 0 Å². The summed E-state index contributed by atoms with van der Waals surface area (Å²) in [6, 6.07) is 0. The van der Waals surface area contributed by atoms with Crippen molar-refractivity contribution in [3.05, 3.63) is 12.7 Å². The maximum atomic E-state index is 13.2. The molecular formula is C12H28FNa3O5P2. The van der Waals surface area contributed by atoms with Gasteiger partial charge in [-0.1, -0.05) is 38.2 Å². The number of hydrogen-bond acceptors (Lipinski definition) is 2. The molecule has 0 aliphatic rings. The second-order valence-corrected chi connectivity index (χ2v) is 9.38. The van der Waals surface area contributed by atoms with Crippen LogP contribution in [-0.4, -0.2) is 115 Å². The molecule has 0 saturated heterocycles. The van der Waals surface area contributed by atoms with E-state index in [-0.39, 0.29) is 94.8 Å². The molecule has 2 atom stereocenters. The second-order valence-electron chi connectivity index (χ2n) is 4.93. The van der Waals surface area contributed by atoms with E-state index in [1.165, 1.54) is 0 Å². The minimum atomic E-state index is -5.14. The van der Waals surface area contributed by atoms with E-state index in [0.29, 0.717) is 12.8 Å². The molecule has 2 unspecified atom stereocenters. The van der Waals surface area contributed by atoms with Crippen LogP contribution in [0.3, 0.4) is 0 Å². The first-order valence-corrected chi connectivity index (χ1v) is 10.4. The van der Waals surface area contributed by atoms with Crippen LogP contribution in [0.1, 0.15) is 51.4 Å². The van der Waals surface area contributed by atoms with Gasteiger partial charge in [-0.25, -0.2) is 4.39 Å². The molecule has 0 aromatic rings. The maximum absolute atomic E-state index is 13.2. The Kier molecular flexibility index (Phi) is 26.8. The quantitative estimate of drug-likeness (QED) is 0.201. The Labute approximate surface area is 205 Å². The van der Waals surface area contributed by atoms with Gasteiger partial charge in [0.15, 0.2) is 0 Å². The van der Waals surface area contributed by atoms with Crippen LogP contribution in [0.15, 0.2) is 12.7 Å². The minimum absolute atomic E-state index is 0. The number of halogens is 1. The van der Waals surface area contributed by atoms with E-state index >= 15 is 0 Å². The van der Waals surface area contributed by atoms with E-state index in [1.54, 1.807) is 0 Å². The summed E-state index contributed by atoms with van der Waals surface area (Å²) in [6.07, 6.45) is 8.68. The fraction of sp³-hybridized carbons (Fsp3) is 0.833. The average molecular weight is 402 g/mol. The van der Waals surface area contributed by atoms with Gasteiger partial charge >= 0.3 is 96.3 Å². The van der Waals surface area contributed by atoms with E-state index in [2.05, 4.69) is 6.58 Å². The molecule has 0 fully saturated rings. The average Bonchev–Trinajstić information content (AvgIpc) is 2.34. The molecule has 0 amide bonds. The SMILES string of the molecule is C=CCCCCCCCCCP(=O)(O)C(F)P(=O)(O)O.[NaH].[NaH].[NaH]. The van der Waals surface area contributed by atoms with Crippen molar-refractivity contribution >= 4 is 104 Å². The molecule has 23 heavy (non-hydrogen) atoms. The summed E-state index contributed by atoms with van der Waals surface area (Å²) in [4.78, 5) is 26.4. The van der Waals surface area contributed by atoms with Gasteiger partial charge in [0.25, 0.3) is 5.65 Å².